The highest BCUT2D eigenvalue weighted by Crippen LogP contribution is 2.25. The number of aryl methyl sites for hydroxylation is 1. The summed E-state index contributed by atoms with van der Waals surface area (Å²) in [6.45, 7) is 3.89. The number of para-hydroxylation sites is 2. The van der Waals surface area contributed by atoms with E-state index < -0.39 is 0 Å². The Kier molecular flexibility index (Phi) is 7.63. The van der Waals surface area contributed by atoms with E-state index in [2.05, 4.69) is 16.3 Å². The highest BCUT2D eigenvalue weighted by molar-refractivity contribution is 5.95. The molecule has 1 aliphatic heterocycles. The number of nitriles is 1. The molecule has 0 bridgehead atoms. The van der Waals surface area contributed by atoms with Gasteiger partial charge in [-0.05, 0) is 57.1 Å². The van der Waals surface area contributed by atoms with Crippen LogP contribution in [-0.2, 0) is 9.59 Å². The predicted molar refractivity (Wildman–Crippen MR) is 120 cm³/mol. The van der Waals surface area contributed by atoms with Crippen LogP contribution in [-0.4, -0.2) is 48.0 Å². The van der Waals surface area contributed by atoms with Gasteiger partial charge in [0.25, 0.3) is 0 Å². The number of carbonyl (C=O) groups excluding carboxylic acids is 2. The van der Waals surface area contributed by atoms with Crippen LogP contribution in [0.15, 0.2) is 48.5 Å². The number of piperidine rings is 1. The number of carbonyl (C=O) groups is 2. The molecule has 0 spiro atoms. The van der Waals surface area contributed by atoms with Crippen LogP contribution >= 0.6 is 0 Å². The number of phenolic OH excluding ortho intramolecular Hbond substituents is 1. The van der Waals surface area contributed by atoms with E-state index in [1.165, 1.54) is 6.07 Å². The number of rotatable bonds is 7. The highest BCUT2D eigenvalue weighted by atomic mass is 16.3. The third kappa shape index (κ3) is 6.06. The van der Waals surface area contributed by atoms with Gasteiger partial charge in [-0.25, -0.2) is 0 Å². The molecule has 162 valence electrons. The average molecular weight is 421 g/mol. The van der Waals surface area contributed by atoms with E-state index in [-0.39, 0.29) is 36.4 Å². The summed E-state index contributed by atoms with van der Waals surface area (Å²) in [5, 5.41) is 21.6. The lowest BCUT2D eigenvalue weighted by molar-refractivity contribution is -0.122. The fourth-order valence-electron chi connectivity index (χ4n) is 3.73. The Morgan fingerprint density at radius 3 is 2.48 bits per heavy atom. The maximum Gasteiger partial charge on any atom is 0.241 e. The van der Waals surface area contributed by atoms with Gasteiger partial charge in [0.2, 0.25) is 11.8 Å². The summed E-state index contributed by atoms with van der Waals surface area (Å²) in [5.41, 5.74) is 2.32. The molecule has 3 rings (SSSR count). The third-order valence-corrected chi connectivity index (χ3v) is 5.57. The molecule has 2 aromatic carbocycles. The number of aromatic hydroxyl groups is 1. The molecule has 31 heavy (non-hydrogen) atoms. The molecule has 1 aliphatic rings. The van der Waals surface area contributed by atoms with Crippen molar-refractivity contribution in [3.8, 4) is 11.8 Å². The van der Waals surface area contributed by atoms with Gasteiger partial charge in [-0.15, -0.1) is 0 Å². The van der Waals surface area contributed by atoms with Gasteiger partial charge in [0.1, 0.15) is 5.75 Å². The zero-order valence-corrected chi connectivity index (χ0v) is 17.8. The summed E-state index contributed by atoms with van der Waals surface area (Å²) >= 11 is 0. The Hall–Kier alpha value is -3.37. The van der Waals surface area contributed by atoms with Gasteiger partial charge in [0.05, 0.1) is 24.7 Å². The minimum atomic E-state index is -0.155. The van der Waals surface area contributed by atoms with Crippen LogP contribution in [0, 0.1) is 24.2 Å². The van der Waals surface area contributed by atoms with Crippen LogP contribution in [0.25, 0.3) is 0 Å². The minimum absolute atomic E-state index is 0.0452. The fourth-order valence-corrected chi connectivity index (χ4v) is 3.73. The van der Waals surface area contributed by atoms with Crippen molar-refractivity contribution < 1.29 is 14.7 Å². The van der Waals surface area contributed by atoms with Crippen molar-refractivity contribution in [1.29, 1.82) is 5.26 Å². The maximum absolute atomic E-state index is 13.0. The number of anilines is 2. The first-order chi connectivity index (χ1) is 15.0. The molecule has 0 aliphatic carbocycles. The first kappa shape index (κ1) is 22.3. The summed E-state index contributed by atoms with van der Waals surface area (Å²) < 4.78 is 0. The molecule has 0 radical (unpaired) electrons. The SMILES string of the molecule is Cc1ccc(N(CCC#N)C(=O)CN2CCC(C(=O)Nc3ccccc3O)CC2)cc1. The van der Waals surface area contributed by atoms with Crippen LogP contribution in [0.2, 0.25) is 0 Å². The predicted octanol–water partition coefficient (Wildman–Crippen LogP) is 3.30. The van der Waals surface area contributed by atoms with Crippen molar-refractivity contribution in [2.45, 2.75) is 26.2 Å². The Balaban J connectivity index is 1.54. The van der Waals surface area contributed by atoms with E-state index in [0.717, 1.165) is 11.3 Å². The number of amides is 2. The Labute approximate surface area is 182 Å². The van der Waals surface area contributed by atoms with Gasteiger partial charge in [-0.3, -0.25) is 14.5 Å². The lowest BCUT2D eigenvalue weighted by Gasteiger charge is -2.32. The van der Waals surface area contributed by atoms with Gasteiger partial charge in [0, 0.05) is 18.2 Å². The van der Waals surface area contributed by atoms with Gasteiger partial charge in [-0.1, -0.05) is 29.8 Å². The fraction of sp³-hybridized carbons (Fsp3) is 0.375. The minimum Gasteiger partial charge on any atom is -0.506 e. The molecule has 1 heterocycles. The third-order valence-electron chi connectivity index (χ3n) is 5.57. The van der Waals surface area contributed by atoms with Crippen molar-refractivity contribution in [3.63, 3.8) is 0 Å². The second-order valence-corrected chi connectivity index (χ2v) is 7.85. The van der Waals surface area contributed by atoms with Crippen molar-refractivity contribution >= 4 is 23.2 Å². The molecular formula is C24H28N4O3. The lowest BCUT2D eigenvalue weighted by Crippen LogP contribution is -2.45. The maximum atomic E-state index is 13.0. The normalized spacial score (nSPS) is 14.6. The number of nitrogens with one attached hydrogen (secondary N) is 1. The smallest absolute Gasteiger partial charge is 0.241 e. The van der Waals surface area contributed by atoms with Crippen molar-refractivity contribution in [1.82, 2.24) is 4.90 Å². The molecule has 2 amide bonds. The second kappa shape index (κ2) is 10.6. The number of benzene rings is 2. The summed E-state index contributed by atoms with van der Waals surface area (Å²) in [7, 11) is 0. The largest absolute Gasteiger partial charge is 0.506 e. The van der Waals surface area contributed by atoms with E-state index in [9.17, 15) is 14.7 Å². The van der Waals surface area contributed by atoms with Gasteiger partial charge < -0.3 is 15.3 Å². The quantitative estimate of drug-likeness (QED) is 0.670. The van der Waals surface area contributed by atoms with E-state index in [1.54, 1.807) is 23.1 Å². The first-order valence-corrected chi connectivity index (χ1v) is 10.5. The molecule has 2 N–H and O–H groups in total. The Morgan fingerprint density at radius 1 is 1.16 bits per heavy atom. The van der Waals surface area contributed by atoms with Crippen molar-refractivity contribution in [2.75, 3.05) is 36.4 Å². The zero-order chi connectivity index (χ0) is 22.2. The summed E-state index contributed by atoms with van der Waals surface area (Å²) in [4.78, 5) is 29.2. The standard InChI is InChI=1S/C24H28N4O3/c1-18-7-9-20(10-8-18)28(14-4-13-25)23(30)17-27-15-11-19(12-16-27)24(31)26-21-5-2-3-6-22(21)29/h2-3,5-10,19,29H,4,11-12,14-17H2,1H3,(H,26,31). The second-order valence-electron chi connectivity index (χ2n) is 7.85. The number of nitrogens with zero attached hydrogens (tertiary/aromatic N) is 3. The lowest BCUT2D eigenvalue weighted by atomic mass is 9.95. The number of hydrogen-bond acceptors (Lipinski definition) is 5. The summed E-state index contributed by atoms with van der Waals surface area (Å²) in [5.74, 6) is -0.260. The number of likely N-dealkylation sites (tertiary alicyclic amines) is 1. The monoisotopic (exact) mass is 420 g/mol. The molecule has 2 aromatic rings. The first-order valence-electron chi connectivity index (χ1n) is 10.5. The topological polar surface area (TPSA) is 96.7 Å². The van der Waals surface area contributed by atoms with Crippen molar-refractivity contribution in [3.05, 3.63) is 54.1 Å². The number of phenols is 1. The van der Waals surface area contributed by atoms with Crippen molar-refractivity contribution in [2.24, 2.45) is 5.92 Å². The zero-order valence-electron chi connectivity index (χ0n) is 17.8. The van der Waals surface area contributed by atoms with Gasteiger partial charge in [-0.2, -0.15) is 5.26 Å². The van der Waals surface area contributed by atoms with E-state index >= 15 is 0 Å². The molecule has 0 aromatic heterocycles. The van der Waals surface area contributed by atoms with Crippen LogP contribution < -0.4 is 10.2 Å². The van der Waals surface area contributed by atoms with E-state index in [1.807, 2.05) is 31.2 Å². The van der Waals surface area contributed by atoms with Crippen LogP contribution in [0.4, 0.5) is 11.4 Å². The van der Waals surface area contributed by atoms with E-state index in [0.29, 0.717) is 38.2 Å². The van der Waals surface area contributed by atoms with E-state index in [4.69, 9.17) is 5.26 Å². The summed E-state index contributed by atoms with van der Waals surface area (Å²) in [6, 6.07) is 16.5. The molecule has 7 nitrogen and oxygen atoms in total. The van der Waals surface area contributed by atoms with Crippen LogP contribution in [0.1, 0.15) is 24.8 Å². The van der Waals surface area contributed by atoms with Gasteiger partial charge >= 0.3 is 0 Å². The molecule has 0 unspecified atom stereocenters. The van der Waals surface area contributed by atoms with Crippen LogP contribution in [0.5, 0.6) is 5.75 Å². The molecule has 0 saturated carbocycles. The molecule has 7 heteroatoms. The number of hydrogen-bond donors (Lipinski definition) is 2. The molecule has 1 fully saturated rings. The highest BCUT2D eigenvalue weighted by Gasteiger charge is 2.27. The molecular weight excluding hydrogens is 392 g/mol. The molecule has 0 atom stereocenters. The van der Waals surface area contributed by atoms with Gasteiger partial charge in [0.15, 0.2) is 0 Å². The average Bonchev–Trinajstić information content (AvgIpc) is 2.77. The summed E-state index contributed by atoms with van der Waals surface area (Å²) in [6.07, 6.45) is 1.57. The Bertz CT molecular complexity index is 944. The van der Waals surface area contributed by atoms with Crippen LogP contribution in [0.3, 0.4) is 0 Å². The Morgan fingerprint density at radius 2 is 1.84 bits per heavy atom. The molecule has 1 saturated heterocycles.